The minimum Gasteiger partial charge on any atom is -0.325 e. The van der Waals surface area contributed by atoms with Crippen molar-refractivity contribution in [1.29, 1.82) is 0 Å². The van der Waals surface area contributed by atoms with Gasteiger partial charge in [-0.1, -0.05) is 53.7 Å². The van der Waals surface area contributed by atoms with E-state index >= 15 is 0 Å². The van der Waals surface area contributed by atoms with E-state index in [-0.39, 0.29) is 11.7 Å². The van der Waals surface area contributed by atoms with Crippen molar-refractivity contribution < 1.29 is 4.79 Å². The lowest BCUT2D eigenvalue weighted by Crippen LogP contribution is -2.14. The summed E-state index contributed by atoms with van der Waals surface area (Å²) in [5, 5.41) is 12.3. The number of amides is 1. The molecule has 0 aliphatic rings. The maximum absolute atomic E-state index is 12.6. The Morgan fingerprint density at radius 2 is 1.81 bits per heavy atom. The molecule has 0 saturated heterocycles. The Kier molecular flexibility index (Phi) is 7.02. The lowest BCUT2D eigenvalue weighted by atomic mass is 10.0. The van der Waals surface area contributed by atoms with Crippen molar-refractivity contribution >= 4 is 39.3 Å². The number of hydrogen-bond donors (Lipinski definition) is 1. The third-order valence-corrected chi connectivity index (χ3v) is 6.29. The Morgan fingerprint density at radius 3 is 2.47 bits per heavy atom. The Labute approximate surface area is 199 Å². The molecule has 0 bridgehead atoms. The predicted octanol–water partition coefficient (Wildman–Crippen LogP) is 5.95. The van der Waals surface area contributed by atoms with Gasteiger partial charge >= 0.3 is 0 Å². The molecule has 4 rings (SSSR count). The van der Waals surface area contributed by atoms with Crippen molar-refractivity contribution in [2.75, 3.05) is 11.1 Å². The molecule has 0 aliphatic heterocycles. The summed E-state index contributed by atoms with van der Waals surface area (Å²) in [6.45, 7) is 4.29. The third-order valence-electron chi connectivity index (χ3n) is 4.83. The first kappa shape index (κ1) is 22.2. The Morgan fingerprint density at radius 1 is 1.06 bits per heavy atom. The topological polar surface area (TPSA) is 72.7 Å². The van der Waals surface area contributed by atoms with Crippen molar-refractivity contribution in [2.24, 2.45) is 0 Å². The van der Waals surface area contributed by atoms with E-state index in [1.807, 2.05) is 65.2 Å². The molecule has 0 unspecified atom stereocenters. The first-order valence-corrected chi connectivity index (χ1v) is 11.9. The summed E-state index contributed by atoms with van der Waals surface area (Å²) in [5.41, 5.74) is 3.78. The highest BCUT2D eigenvalue weighted by Crippen LogP contribution is 2.28. The van der Waals surface area contributed by atoms with Crippen molar-refractivity contribution in [1.82, 2.24) is 19.7 Å². The summed E-state index contributed by atoms with van der Waals surface area (Å²) in [6.07, 6.45) is 3.47. The minimum absolute atomic E-state index is 0.0967. The normalized spacial score (nSPS) is 11.0. The van der Waals surface area contributed by atoms with Crippen LogP contribution in [0.2, 0.25) is 0 Å². The summed E-state index contributed by atoms with van der Waals surface area (Å²) < 4.78 is 2.92. The van der Waals surface area contributed by atoms with Gasteiger partial charge in [0.05, 0.1) is 5.75 Å². The number of aromatic nitrogens is 4. The highest BCUT2D eigenvalue weighted by atomic mass is 79.9. The molecule has 1 N–H and O–H groups in total. The average Bonchev–Trinajstić information content (AvgIpc) is 3.23. The zero-order chi connectivity index (χ0) is 22.5. The van der Waals surface area contributed by atoms with E-state index in [4.69, 9.17) is 0 Å². The van der Waals surface area contributed by atoms with Crippen molar-refractivity contribution in [3.63, 3.8) is 0 Å². The first-order valence-electron chi connectivity index (χ1n) is 10.2. The highest BCUT2D eigenvalue weighted by molar-refractivity contribution is 9.10. The fourth-order valence-corrected chi connectivity index (χ4v) is 4.16. The number of nitrogens with one attached hydrogen (secondary N) is 1. The largest absolute Gasteiger partial charge is 0.325 e. The van der Waals surface area contributed by atoms with E-state index in [0.29, 0.717) is 16.9 Å². The molecule has 0 spiro atoms. The van der Waals surface area contributed by atoms with Gasteiger partial charge in [-0.3, -0.25) is 14.3 Å². The average molecular weight is 508 g/mol. The predicted molar refractivity (Wildman–Crippen MR) is 132 cm³/mol. The number of halogens is 1. The number of pyridine rings is 1. The van der Waals surface area contributed by atoms with Crippen LogP contribution in [0.4, 0.5) is 5.69 Å². The number of hydrogen-bond acceptors (Lipinski definition) is 5. The second kappa shape index (κ2) is 10.1. The lowest BCUT2D eigenvalue weighted by Gasteiger charge is -2.11. The van der Waals surface area contributed by atoms with Gasteiger partial charge in [-0.2, -0.15) is 0 Å². The fraction of sp³-hybridized carbons (Fsp3) is 0.167. The van der Waals surface area contributed by atoms with Crippen LogP contribution in [0.5, 0.6) is 0 Å². The van der Waals surface area contributed by atoms with Crippen LogP contribution in [0.3, 0.4) is 0 Å². The molecule has 0 radical (unpaired) electrons. The molecule has 4 aromatic rings. The second-order valence-corrected chi connectivity index (χ2v) is 9.33. The minimum atomic E-state index is -0.0967. The molecule has 6 nitrogen and oxygen atoms in total. The van der Waals surface area contributed by atoms with Gasteiger partial charge in [-0.05, 0) is 60.0 Å². The van der Waals surface area contributed by atoms with Gasteiger partial charge in [-0.15, -0.1) is 10.2 Å². The Bertz CT molecular complexity index is 1190. The summed E-state index contributed by atoms with van der Waals surface area (Å²) in [6, 6.07) is 19.6. The van der Waals surface area contributed by atoms with Crippen molar-refractivity contribution in [3.05, 3.63) is 83.1 Å². The van der Waals surface area contributed by atoms with Crippen molar-refractivity contribution in [3.8, 4) is 17.1 Å². The molecule has 0 fully saturated rings. The van der Waals surface area contributed by atoms with Crippen LogP contribution in [-0.4, -0.2) is 31.4 Å². The first-order chi connectivity index (χ1) is 15.5. The van der Waals surface area contributed by atoms with E-state index in [1.54, 1.807) is 12.4 Å². The van der Waals surface area contributed by atoms with Gasteiger partial charge in [0.1, 0.15) is 0 Å². The van der Waals surface area contributed by atoms with Crippen molar-refractivity contribution in [2.45, 2.75) is 24.9 Å². The van der Waals surface area contributed by atoms with Crippen LogP contribution in [0, 0.1) is 0 Å². The van der Waals surface area contributed by atoms with Gasteiger partial charge in [-0.25, -0.2) is 0 Å². The third kappa shape index (κ3) is 5.26. The van der Waals surface area contributed by atoms with Crippen LogP contribution < -0.4 is 5.32 Å². The van der Waals surface area contributed by atoms with Crippen LogP contribution in [0.25, 0.3) is 17.1 Å². The van der Waals surface area contributed by atoms with E-state index < -0.39 is 0 Å². The maximum atomic E-state index is 12.6. The van der Waals surface area contributed by atoms with Gasteiger partial charge in [0.15, 0.2) is 11.0 Å². The van der Waals surface area contributed by atoms with Crippen LogP contribution in [0.1, 0.15) is 25.3 Å². The van der Waals surface area contributed by atoms with Gasteiger partial charge in [0, 0.05) is 33.8 Å². The van der Waals surface area contributed by atoms with E-state index in [2.05, 4.69) is 50.3 Å². The molecule has 2 aromatic carbocycles. The fourth-order valence-electron chi connectivity index (χ4n) is 3.15. The summed E-state index contributed by atoms with van der Waals surface area (Å²) >= 11 is 4.82. The van der Waals surface area contributed by atoms with Gasteiger partial charge < -0.3 is 5.32 Å². The molecule has 32 heavy (non-hydrogen) atoms. The number of thioether (sulfide) groups is 1. The zero-order valence-electron chi connectivity index (χ0n) is 17.7. The molecule has 2 aromatic heterocycles. The number of benzene rings is 2. The molecule has 162 valence electrons. The van der Waals surface area contributed by atoms with Gasteiger partial charge in [0.2, 0.25) is 5.91 Å². The quantitative estimate of drug-likeness (QED) is 0.313. The molecular formula is C24H22BrN5OS. The van der Waals surface area contributed by atoms with Gasteiger partial charge in [0.25, 0.3) is 0 Å². The summed E-state index contributed by atoms with van der Waals surface area (Å²) in [7, 11) is 0. The maximum Gasteiger partial charge on any atom is 0.234 e. The molecule has 0 aliphatic carbocycles. The van der Waals surface area contributed by atoms with Crippen LogP contribution in [-0.2, 0) is 4.79 Å². The number of anilines is 1. The molecule has 8 heteroatoms. The van der Waals surface area contributed by atoms with E-state index in [0.717, 1.165) is 21.4 Å². The molecule has 0 atom stereocenters. The summed E-state index contributed by atoms with van der Waals surface area (Å²) in [5.74, 6) is 1.25. The standard InChI is InChI=1S/C24H22BrN5OS/c1-16(2)17-5-9-20(10-6-17)27-22(31)15-32-24-29-28-23(18-4-3-13-26-14-18)30(24)21-11-7-19(25)8-12-21/h3-14,16H,15H2,1-2H3,(H,27,31). The monoisotopic (exact) mass is 507 g/mol. The summed E-state index contributed by atoms with van der Waals surface area (Å²) in [4.78, 5) is 16.8. The number of carbonyl (C=O) groups is 1. The number of nitrogens with zero attached hydrogens (tertiary/aromatic N) is 4. The lowest BCUT2D eigenvalue weighted by molar-refractivity contribution is -0.113. The second-order valence-electron chi connectivity index (χ2n) is 7.47. The van der Waals surface area contributed by atoms with Crippen LogP contribution >= 0.6 is 27.7 Å². The van der Waals surface area contributed by atoms with E-state index in [1.165, 1.54) is 17.3 Å². The zero-order valence-corrected chi connectivity index (χ0v) is 20.1. The molecule has 2 heterocycles. The number of rotatable bonds is 7. The van der Waals surface area contributed by atoms with E-state index in [9.17, 15) is 4.79 Å². The SMILES string of the molecule is CC(C)c1ccc(NC(=O)CSc2nnc(-c3cccnc3)n2-c2ccc(Br)cc2)cc1. The Hall–Kier alpha value is -2.97. The Balaban J connectivity index is 1.53. The number of carbonyl (C=O) groups excluding carboxylic acids is 1. The molecular weight excluding hydrogens is 486 g/mol. The highest BCUT2D eigenvalue weighted by Gasteiger charge is 2.17. The van der Waals surface area contributed by atoms with Crippen LogP contribution in [0.15, 0.2) is 82.7 Å². The molecule has 1 amide bonds. The smallest absolute Gasteiger partial charge is 0.234 e. The molecule has 0 saturated carbocycles.